The quantitative estimate of drug-likeness (QED) is 0.615. The Labute approximate surface area is 195 Å². The topological polar surface area (TPSA) is 112 Å². The summed E-state index contributed by atoms with van der Waals surface area (Å²) in [5.74, 6) is 1.85. The van der Waals surface area contributed by atoms with E-state index in [9.17, 15) is 4.79 Å². The van der Waals surface area contributed by atoms with E-state index in [1.807, 2.05) is 45.0 Å². The molecule has 0 spiro atoms. The molecule has 0 saturated carbocycles. The summed E-state index contributed by atoms with van der Waals surface area (Å²) in [5, 5.41) is 4.76. The maximum atomic E-state index is 12.1. The monoisotopic (exact) mass is 457 g/mol. The van der Waals surface area contributed by atoms with Crippen LogP contribution in [0, 0.1) is 11.3 Å². The fourth-order valence-electron chi connectivity index (χ4n) is 3.52. The second-order valence-electron chi connectivity index (χ2n) is 9.31. The van der Waals surface area contributed by atoms with Gasteiger partial charge in [-0.2, -0.15) is 4.98 Å². The Morgan fingerprint density at radius 1 is 1.21 bits per heavy atom. The van der Waals surface area contributed by atoms with Crippen LogP contribution in [0.15, 0.2) is 24.3 Å². The number of carbonyl (C=O) groups excluding carboxylic acids is 1. The second kappa shape index (κ2) is 10.8. The molecule has 9 heteroatoms. The van der Waals surface area contributed by atoms with Crippen LogP contribution in [0.4, 0.5) is 11.8 Å². The summed E-state index contributed by atoms with van der Waals surface area (Å²) in [7, 11) is 3.45. The van der Waals surface area contributed by atoms with E-state index in [1.165, 1.54) is 0 Å². The van der Waals surface area contributed by atoms with Gasteiger partial charge in [-0.3, -0.25) is 0 Å². The summed E-state index contributed by atoms with van der Waals surface area (Å²) < 4.78 is 11.6. The lowest BCUT2D eigenvalue weighted by atomic mass is 9.97. The van der Waals surface area contributed by atoms with Gasteiger partial charge in [-0.1, -0.05) is 0 Å². The number of rotatable bonds is 8. The third kappa shape index (κ3) is 6.79. The maximum Gasteiger partial charge on any atom is 0.330 e. The first-order chi connectivity index (χ1) is 15.7. The normalized spacial score (nSPS) is 15.3. The first-order valence-corrected chi connectivity index (χ1v) is 11.2. The van der Waals surface area contributed by atoms with Crippen molar-refractivity contribution in [3.8, 4) is 17.0 Å². The maximum absolute atomic E-state index is 12.1. The Morgan fingerprint density at radius 2 is 1.94 bits per heavy atom. The molecule has 0 radical (unpaired) electrons. The summed E-state index contributed by atoms with van der Waals surface area (Å²) in [5.41, 5.74) is 7.92. The molecule has 180 valence electrons. The van der Waals surface area contributed by atoms with Crippen molar-refractivity contribution in [2.24, 2.45) is 11.3 Å². The Bertz CT molecular complexity index is 952. The highest BCUT2D eigenvalue weighted by molar-refractivity contribution is 5.75. The van der Waals surface area contributed by atoms with Gasteiger partial charge < -0.3 is 25.4 Å². The molecule has 2 aromatic rings. The van der Waals surface area contributed by atoms with E-state index in [2.05, 4.69) is 15.3 Å². The minimum absolute atomic E-state index is 0.200. The number of carbonyl (C=O) groups is 1. The molecule has 3 N–H and O–H groups in total. The first kappa shape index (κ1) is 24.7. The van der Waals surface area contributed by atoms with Gasteiger partial charge in [-0.05, 0) is 57.7 Å². The zero-order chi connectivity index (χ0) is 24.0. The summed E-state index contributed by atoms with van der Waals surface area (Å²) in [6, 6.07) is 7.77. The van der Waals surface area contributed by atoms with E-state index in [0.29, 0.717) is 38.0 Å². The number of hydrogen-bond acceptors (Lipinski definition) is 9. The van der Waals surface area contributed by atoms with E-state index in [1.54, 1.807) is 19.2 Å². The predicted molar refractivity (Wildman–Crippen MR) is 127 cm³/mol. The van der Waals surface area contributed by atoms with Gasteiger partial charge >= 0.3 is 5.97 Å². The Balaban J connectivity index is 1.61. The lowest BCUT2D eigenvalue weighted by Crippen LogP contribution is -2.39. The first-order valence-electron chi connectivity index (χ1n) is 11.2. The average molecular weight is 458 g/mol. The number of benzene rings is 1. The van der Waals surface area contributed by atoms with Crippen molar-refractivity contribution in [3.05, 3.63) is 29.8 Å². The zero-order valence-corrected chi connectivity index (χ0v) is 20.2. The van der Waals surface area contributed by atoms with E-state index < -0.39 is 5.41 Å². The summed E-state index contributed by atoms with van der Waals surface area (Å²) >= 11 is 0. The third-order valence-electron chi connectivity index (χ3n) is 5.53. The van der Waals surface area contributed by atoms with Gasteiger partial charge in [0.15, 0.2) is 0 Å². The number of aromatic nitrogens is 2. The lowest BCUT2D eigenvalue weighted by molar-refractivity contribution is -0.206. The van der Waals surface area contributed by atoms with Crippen LogP contribution in [0.1, 0.15) is 39.2 Å². The number of nitrogens with two attached hydrogens (primary N) is 1. The largest absolute Gasteiger partial charge is 0.493 e. The Morgan fingerprint density at radius 3 is 2.58 bits per heavy atom. The van der Waals surface area contributed by atoms with Crippen molar-refractivity contribution in [1.82, 2.24) is 15.0 Å². The molecule has 1 aliphatic rings. The minimum atomic E-state index is -0.504. The van der Waals surface area contributed by atoms with Crippen LogP contribution in [-0.2, 0) is 21.0 Å². The molecule has 0 bridgehead atoms. The van der Waals surface area contributed by atoms with Gasteiger partial charge in [0, 0.05) is 44.4 Å². The number of hydroxylamine groups is 2. The van der Waals surface area contributed by atoms with E-state index in [0.717, 1.165) is 35.4 Å². The molecule has 33 heavy (non-hydrogen) atoms. The van der Waals surface area contributed by atoms with E-state index >= 15 is 0 Å². The van der Waals surface area contributed by atoms with Crippen LogP contribution in [0.5, 0.6) is 5.75 Å². The lowest BCUT2D eigenvalue weighted by Gasteiger charge is -2.32. The highest BCUT2D eigenvalue weighted by Crippen LogP contribution is 2.29. The molecule has 0 atom stereocenters. The van der Waals surface area contributed by atoms with Gasteiger partial charge in [-0.25, -0.2) is 9.78 Å². The molecule has 1 saturated heterocycles. The van der Waals surface area contributed by atoms with Gasteiger partial charge in [0.2, 0.25) is 5.95 Å². The third-order valence-corrected chi connectivity index (χ3v) is 5.53. The Hall–Kier alpha value is -2.91. The van der Waals surface area contributed by atoms with Crippen molar-refractivity contribution in [3.63, 3.8) is 0 Å². The van der Waals surface area contributed by atoms with Gasteiger partial charge in [-0.15, -0.1) is 5.06 Å². The highest BCUT2D eigenvalue weighted by atomic mass is 16.7. The second-order valence-corrected chi connectivity index (χ2v) is 9.31. The SMILES string of the molecule is CNc1cc(-c2ccc(OCC3CCN(OC(=O)C(C)(C)C)CC3)c(COC)c2)nc(N)n1. The molecule has 9 nitrogen and oxygen atoms in total. The molecule has 1 aromatic heterocycles. The Kier molecular flexibility index (Phi) is 8.10. The molecule has 1 aromatic carbocycles. The van der Waals surface area contributed by atoms with Crippen LogP contribution < -0.4 is 15.8 Å². The summed E-state index contributed by atoms with van der Waals surface area (Å²) in [4.78, 5) is 26.1. The average Bonchev–Trinajstić information content (AvgIpc) is 2.78. The highest BCUT2D eigenvalue weighted by Gasteiger charge is 2.28. The number of anilines is 2. The molecule has 3 rings (SSSR count). The fourth-order valence-corrected chi connectivity index (χ4v) is 3.52. The zero-order valence-electron chi connectivity index (χ0n) is 20.2. The van der Waals surface area contributed by atoms with Crippen molar-refractivity contribution in [2.45, 2.75) is 40.2 Å². The predicted octanol–water partition coefficient (Wildman–Crippen LogP) is 3.51. The molecular formula is C24H35N5O4. The van der Waals surface area contributed by atoms with Crippen LogP contribution >= 0.6 is 0 Å². The minimum Gasteiger partial charge on any atom is -0.493 e. The van der Waals surface area contributed by atoms with Gasteiger partial charge in [0.05, 0.1) is 24.3 Å². The molecule has 1 fully saturated rings. The number of nitrogens with one attached hydrogen (secondary N) is 1. The van der Waals surface area contributed by atoms with Crippen LogP contribution in [0.2, 0.25) is 0 Å². The number of hydrogen-bond donors (Lipinski definition) is 2. The molecule has 0 unspecified atom stereocenters. The molecule has 0 aliphatic carbocycles. The molecule has 2 heterocycles. The number of piperidine rings is 1. The van der Waals surface area contributed by atoms with Crippen LogP contribution in [-0.4, -0.2) is 54.9 Å². The van der Waals surface area contributed by atoms with Crippen molar-refractivity contribution >= 4 is 17.7 Å². The molecule has 0 amide bonds. The number of nitrogens with zero attached hydrogens (tertiary/aromatic N) is 3. The van der Waals surface area contributed by atoms with Gasteiger partial charge in [0.1, 0.15) is 11.6 Å². The molecule has 1 aliphatic heterocycles. The van der Waals surface area contributed by atoms with Crippen molar-refractivity contribution < 1.29 is 19.1 Å². The smallest absolute Gasteiger partial charge is 0.330 e. The van der Waals surface area contributed by atoms with Crippen molar-refractivity contribution in [1.29, 1.82) is 0 Å². The molecular weight excluding hydrogens is 422 g/mol. The number of ether oxygens (including phenoxy) is 2. The number of nitrogen functional groups attached to an aromatic ring is 1. The fraction of sp³-hybridized carbons (Fsp3) is 0.542. The van der Waals surface area contributed by atoms with E-state index in [-0.39, 0.29) is 11.9 Å². The standard InChI is InChI=1S/C24H35N5O4/c1-24(2,3)22(30)33-29-10-8-16(9-11-29)14-32-20-7-6-17(12-18(20)15-31-5)19-13-21(26-4)28-23(25)27-19/h6-7,12-13,16H,8-11,14-15H2,1-5H3,(H3,25,26,27,28). The van der Waals surface area contributed by atoms with Crippen LogP contribution in [0.25, 0.3) is 11.3 Å². The summed E-state index contributed by atoms with van der Waals surface area (Å²) in [6.45, 7) is 8.02. The van der Waals surface area contributed by atoms with E-state index in [4.69, 9.17) is 20.0 Å². The van der Waals surface area contributed by atoms with Crippen LogP contribution in [0.3, 0.4) is 0 Å². The van der Waals surface area contributed by atoms with Gasteiger partial charge in [0.25, 0.3) is 0 Å². The summed E-state index contributed by atoms with van der Waals surface area (Å²) in [6.07, 6.45) is 1.81. The number of methoxy groups -OCH3 is 1. The van der Waals surface area contributed by atoms with Crippen molar-refractivity contribution in [2.75, 3.05) is 44.9 Å².